The molecule has 0 saturated carbocycles. The molecule has 0 aliphatic rings. The number of hydrazone groups is 1. The zero-order chi connectivity index (χ0) is 17.5. The zero-order valence-corrected chi connectivity index (χ0v) is 13.0. The van der Waals surface area contributed by atoms with E-state index in [2.05, 4.69) is 15.8 Å². The minimum absolute atomic E-state index is 0.0431. The van der Waals surface area contributed by atoms with E-state index in [9.17, 15) is 20.0 Å². The smallest absolute Gasteiger partial charge is 0.270 e. The Balaban J connectivity index is 1.90. The quantitative estimate of drug-likeness (QED) is 0.421. The van der Waals surface area contributed by atoms with E-state index < -0.39 is 10.8 Å². The van der Waals surface area contributed by atoms with Gasteiger partial charge in [-0.1, -0.05) is 17.7 Å². The minimum atomic E-state index is -0.593. The lowest BCUT2D eigenvalue weighted by atomic mass is 10.2. The SMILES string of the molecule is O=C(CNc1cccc(Cl)c1)NN=Cc1cc([N+](=O)[O-])ccc1O. The van der Waals surface area contributed by atoms with Crippen LogP contribution in [0.3, 0.4) is 0 Å². The number of rotatable bonds is 6. The van der Waals surface area contributed by atoms with Crippen LogP contribution < -0.4 is 10.7 Å². The summed E-state index contributed by atoms with van der Waals surface area (Å²) in [5.41, 5.74) is 2.85. The van der Waals surface area contributed by atoms with Crippen molar-refractivity contribution in [1.29, 1.82) is 0 Å². The molecule has 0 fully saturated rings. The summed E-state index contributed by atoms with van der Waals surface area (Å²) in [6.07, 6.45) is 1.12. The highest BCUT2D eigenvalue weighted by Gasteiger charge is 2.08. The molecule has 2 aromatic carbocycles. The summed E-state index contributed by atoms with van der Waals surface area (Å²) < 4.78 is 0. The molecule has 3 N–H and O–H groups in total. The molecule has 9 heteroatoms. The van der Waals surface area contributed by atoms with Crippen LogP contribution in [0.15, 0.2) is 47.6 Å². The van der Waals surface area contributed by atoms with Crippen molar-refractivity contribution in [3.05, 3.63) is 63.2 Å². The number of carbonyl (C=O) groups excluding carboxylic acids is 1. The number of nitrogens with zero attached hydrogens (tertiary/aromatic N) is 2. The summed E-state index contributed by atoms with van der Waals surface area (Å²) in [4.78, 5) is 21.7. The van der Waals surface area contributed by atoms with E-state index in [0.717, 1.165) is 12.3 Å². The van der Waals surface area contributed by atoms with Crippen LogP contribution in [0.2, 0.25) is 5.02 Å². The molecule has 0 spiro atoms. The normalized spacial score (nSPS) is 10.5. The molecular formula is C15H13ClN4O4. The largest absolute Gasteiger partial charge is 0.507 e. The molecule has 0 atom stereocenters. The van der Waals surface area contributed by atoms with Crippen molar-refractivity contribution >= 4 is 35.1 Å². The standard InChI is InChI=1S/C15H13ClN4O4/c16-11-2-1-3-12(7-11)17-9-15(22)19-18-8-10-6-13(20(23)24)4-5-14(10)21/h1-8,17,21H,9H2,(H,19,22). The van der Waals surface area contributed by atoms with Gasteiger partial charge in [-0.15, -0.1) is 0 Å². The minimum Gasteiger partial charge on any atom is -0.507 e. The van der Waals surface area contributed by atoms with Gasteiger partial charge in [-0.25, -0.2) is 5.43 Å². The van der Waals surface area contributed by atoms with Crippen LogP contribution in [-0.2, 0) is 4.79 Å². The van der Waals surface area contributed by atoms with E-state index >= 15 is 0 Å². The van der Waals surface area contributed by atoms with E-state index in [0.29, 0.717) is 10.7 Å². The van der Waals surface area contributed by atoms with Crippen molar-refractivity contribution < 1.29 is 14.8 Å². The van der Waals surface area contributed by atoms with Crippen LogP contribution in [0.1, 0.15) is 5.56 Å². The van der Waals surface area contributed by atoms with Crippen molar-refractivity contribution in [1.82, 2.24) is 5.43 Å². The number of nitro groups is 1. The second kappa shape index (κ2) is 7.93. The number of hydrogen-bond donors (Lipinski definition) is 3. The first-order valence-electron chi connectivity index (χ1n) is 6.74. The van der Waals surface area contributed by atoms with Crippen LogP contribution in [0.4, 0.5) is 11.4 Å². The van der Waals surface area contributed by atoms with Crippen molar-refractivity contribution in [2.75, 3.05) is 11.9 Å². The zero-order valence-electron chi connectivity index (χ0n) is 12.3. The molecule has 0 bridgehead atoms. The molecule has 124 valence electrons. The van der Waals surface area contributed by atoms with Gasteiger partial charge in [0, 0.05) is 28.4 Å². The van der Waals surface area contributed by atoms with Gasteiger partial charge < -0.3 is 10.4 Å². The number of amides is 1. The highest BCUT2D eigenvalue weighted by Crippen LogP contribution is 2.21. The molecule has 0 aliphatic heterocycles. The number of hydrogen-bond acceptors (Lipinski definition) is 6. The predicted octanol–water partition coefficient (Wildman–Crippen LogP) is 2.52. The Morgan fingerprint density at radius 3 is 2.83 bits per heavy atom. The van der Waals surface area contributed by atoms with Gasteiger partial charge in [0.25, 0.3) is 11.6 Å². The Bertz CT molecular complexity index is 795. The van der Waals surface area contributed by atoms with Crippen molar-refractivity contribution in [2.45, 2.75) is 0 Å². The Labute approximate surface area is 141 Å². The number of non-ortho nitro benzene ring substituents is 1. The Hall–Kier alpha value is -3.13. The monoisotopic (exact) mass is 348 g/mol. The van der Waals surface area contributed by atoms with Crippen molar-refractivity contribution in [2.24, 2.45) is 5.10 Å². The molecule has 8 nitrogen and oxygen atoms in total. The fraction of sp³-hybridized carbons (Fsp3) is 0.0667. The first-order chi connectivity index (χ1) is 11.5. The molecule has 2 aromatic rings. The summed E-state index contributed by atoms with van der Waals surface area (Å²) in [6, 6.07) is 10.4. The Kier molecular flexibility index (Phi) is 5.69. The van der Waals surface area contributed by atoms with E-state index in [1.807, 2.05) is 0 Å². The number of aromatic hydroxyl groups is 1. The van der Waals surface area contributed by atoms with Gasteiger partial charge in [0.1, 0.15) is 5.75 Å². The fourth-order valence-corrected chi connectivity index (χ4v) is 1.94. The first-order valence-corrected chi connectivity index (χ1v) is 7.12. The van der Waals surface area contributed by atoms with Crippen LogP contribution in [0, 0.1) is 10.1 Å². The number of phenols is 1. The average Bonchev–Trinajstić information content (AvgIpc) is 2.54. The Morgan fingerprint density at radius 2 is 2.12 bits per heavy atom. The Morgan fingerprint density at radius 1 is 1.33 bits per heavy atom. The number of nitrogens with one attached hydrogen (secondary N) is 2. The number of halogens is 1. The molecule has 0 radical (unpaired) electrons. The second-order valence-corrected chi connectivity index (χ2v) is 5.09. The van der Waals surface area contributed by atoms with E-state index in [1.54, 1.807) is 24.3 Å². The van der Waals surface area contributed by atoms with Gasteiger partial charge in [-0.05, 0) is 24.3 Å². The third kappa shape index (κ3) is 4.96. The molecule has 0 heterocycles. The highest BCUT2D eigenvalue weighted by atomic mass is 35.5. The molecule has 0 aliphatic carbocycles. The molecule has 0 saturated heterocycles. The third-order valence-corrected chi connectivity index (χ3v) is 3.13. The van der Waals surface area contributed by atoms with Crippen LogP contribution in [0.5, 0.6) is 5.75 Å². The highest BCUT2D eigenvalue weighted by molar-refractivity contribution is 6.30. The molecule has 0 aromatic heterocycles. The lowest BCUT2D eigenvalue weighted by Crippen LogP contribution is -2.25. The first kappa shape index (κ1) is 17.2. The van der Waals surface area contributed by atoms with E-state index in [4.69, 9.17) is 11.6 Å². The number of anilines is 1. The van der Waals surface area contributed by atoms with Crippen molar-refractivity contribution in [3.63, 3.8) is 0 Å². The number of phenolic OH excluding ortho intramolecular Hbond substituents is 1. The maximum atomic E-state index is 11.7. The predicted molar refractivity (Wildman–Crippen MR) is 90.4 cm³/mol. The summed E-state index contributed by atoms with van der Waals surface area (Å²) in [7, 11) is 0. The lowest BCUT2D eigenvalue weighted by Gasteiger charge is -2.05. The topological polar surface area (TPSA) is 117 Å². The van der Waals surface area contributed by atoms with Gasteiger partial charge in [-0.2, -0.15) is 5.10 Å². The van der Waals surface area contributed by atoms with Crippen molar-refractivity contribution in [3.8, 4) is 5.75 Å². The molecule has 24 heavy (non-hydrogen) atoms. The number of benzene rings is 2. The molecule has 2 rings (SSSR count). The third-order valence-electron chi connectivity index (χ3n) is 2.89. The molecule has 0 unspecified atom stereocenters. The maximum absolute atomic E-state index is 11.7. The summed E-state index contributed by atoms with van der Waals surface area (Å²) in [6.45, 7) is -0.0431. The maximum Gasteiger partial charge on any atom is 0.270 e. The van der Waals surface area contributed by atoms with Crippen LogP contribution in [0.25, 0.3) is 0 Å². The van der Waals surface area contributed by atoms with Crippen LogP contribution >= 0.6 is 11.6 Å². The van der Waals surface area contributed by atoms with Gasteiger partial charge >= 0.3 is 0 Å². The van der Waals surface area contributed by atoms with Gasteiger partial charge in [0.2, 0.25) is 0 Å². The second-order valence-electron chi connectivity index (χ2n) is 4.66. The van der Waals surface area contributed by atoms with E-state index in [-0.39, 0.29) is 23.5 Å². The number of carbonyl (C=O) groups is 1. The van der Waals surface area contributed by atoms with Gasteiger partial charge in [0.05, 0.1) is 17.7 Å². The summed E-state index contributed by atoms with van der Waals surface area (Å²) >= 11 is 5.83. The lowest BCUT2D eigenvalue weighted by molar-refractivity contribution is -0.384. The average molecular weight is 349 g/mol. The summed E-state index contributed by atoms with van der Waals surface area (Å²) in [5, 5.41) is 27.4. The molecular weight excluding hydrogens is 336 g/mol. The van der Waals surface area contributed by atoms with E-state index in [1.165, 1.54) is 12.1 Å². The van der Waals surface area contributed by atoms with Crippen LogP contribution in [-0.4, -0.2) is 28.7 Å². The van der Waals surface area contributed by atoms with Gasteiger partial charge in [-0.3, -0.25) is 14.9 Å². The summed E-state index contributed by atoms with van der Waals surface area (Å²) in [5.74, 6) is -0.619. The molecule has 1 amide bonds. The van der Waals surface area contributed by atoms with Gasteiger partial charge in [0.15, 0.2) is 0 Å². The number of nitro benzene ring substituents is 1. The fourth-order valence-electron chi connectivity index (χ4n) is 1.75.